The van der Waals surface area contributed by atoms with Crippen molar-refractivity contribution < 1.29 is 9.53 Å². The predicted octanol–water partition coefficient (Wildman–Crippen LogP) is 2.21. The Morgan fingerprint density at radius 1 is 1.21 bits per heavy atom. The minimum atomic E-state index is -0.0323. The standard InChI is InChI=1S/C21H29N5O2S/c1-16-14-19(25(2)3)24-21(23-16)29-15-17-4-6-18(7-5-17)20(27)22-8-9-26-10-12-28-13-11-26/h4-7,14H,8-13,15H2,1-3H3,(H,22,27). The molecule has 29 heavy (non-hydrogen) atoms. The van der Waals surface area contributed by atoms with E-state index in [9.17, 15) is 4.79 Å². The van der Waals surface area contributed by atoms with Crippen LogP contribution >= 0.6 is 11.8 Å². The molecule has 1 saturated heterocycles. The molecule has 0 saturated carbocycles. The highest BCUT2D eigenvalue weighted by Crippen LogP contribution is 2.22. The number of nitrogens with zero attached hydrogens (tertiary/aromatic N) is 4. The molecular formula is C21H29N5O2S. The van der Waals surface area contributed by atoms with Crippen LogP contribution in [-0.2, 0) is 10.5 Å². The Labute approximate surface area is 176 Å². The van der Waals surface area contributed by atoms with E-state index in [4.69, 9.17) is 4.74 Å². The fourth-order valence-corrected chi connectivity index (χ4v) is 3.83. The van der Waals surface area contributed by atoms with E-state index in [0.717, 1.165) is 60.8 Å². The maximum Gasteiger partial charge on any atom is 0.251 e. The molecule has 3 rings (SSSR count). The number of carbonyl (C=O) groups is 1. The molecule has 1 amide bonds. The van der Waals surface area contributed by atoms with E-state index in [-0.39, 0.29) is 5.91 Å². The molecule has 2 aromatic rings. The fraction of sp³-hybridized carbons (Fsp3) is 0.476. The minimum Gasteiger partial charge on any atom is -0.379 e. The number of aryl methyl sites for hydroxylation is 1. The lowest BCUT2D eigenvalue weighted by atomic mass is 10.1. The Kier molecular flexibility index (Phi) is 7.85. The van der Waals surface area contributed by atoms with Crippen molar-refractivity contribution in [3.05, 3.63) is 47.2 Å². The maximum absolute atomic E-state index is 12.3. The Morgan fingerprint density at radius 3 is 2.62 bits per heavy atom. The first-order valence-corrected chi connectivity index (χ1v) is 10.8. The van der Waals surface area contributed by atoms with Gasteiger partial charge in [0.25, 0.3) is 5.91 Å². The molecule has 1 aromatic heterocycles. The van der Waals surface area contributed by atoms with Crippen LogP contribution in [0.3, 0.4) is 0 Å². The maximum atomic E-state index is 12.3. The average Bonchev–Trinajstić information content (AvgIpc) is 2.73. The number of amides is 1. The molecule has 1 fully saturated rings. The van der Waals surface area contributed by atoms with Crippen molar-refractivity contribution in [3.8, 4) is 0 Å². The van der Waals surface area contributed by atoms with Crippen LogP contribution in [-0.4, -0.2) is 74.3 Å². The van der Waals surface area contributed by atoms with Crippen LogP contribution in [0.5, 0.6) is 0 Å². The Balaban J connectivity index is 1.47. The van der Waals surface area contributed by atoms with Crippen molar-refractivity contribution in [2.45, 2.75) is 17.8 Å². The van der Waals surface area contributed by atoms with Gasteiger partial charge in [-0.2, -0.15) is 0 Å². The van der Waals surface area contributed by atoms with E-state index >= 15 is 0 Å². The highest BCUT2D eigenvalue weighted by molar-refractivity contribution is 7.98. The summed E-state index contributed by atoms with van der Waals surface area (Å²) in [6.07, 6.45) is 0. The Bertz CT molecular complexity index is 807. The number of anilines is 1. The second-order valence-electron chi connectivity index (χ2n) is 7.24. The average molecular weight is 416 g/mol. The summed E-state index contributed by atoms with van der Waals surface area (Å²) in [5.41, 5.74) is 2.77. The molecule has 0 atom stereocenters. The van der Waals surface area contributed by atoms with Crippen molar-refractivity contribution in [1.29, 1.82) is 0 Å². The number of hydrogen-bond acceptors (Lipinski definition) is 7. The van der Waals surface area contributed by atoms with Gasteiger partial charge in [0.05, 0.1) is 13.2 Å². The number of hydrogen-bond donors (Lipinski definition) is 1. The van der Waals surface area contributed by atoms with E-state index in [1.807, 2.05) is 56.3 Å². The van der Waals surface area contributed by atoms with Crippen LogP contribution in [0.1, 0.15) is 21.6 Å². The summed E-state index contributed by atoms with van der Waals surface area (Å²) < 4.78 is 5.34. The lowest BCUT2D eigenvalue weighted by Gasteiger charge is -2.26. The van der Waals surface area contributed by atoms with Gasteiger partial charge in [-0.3, -0.25) is 9.69 Å². The van der Waals surface area contributed by atoms with Gasteiger partial charge in [-0.15, -0.1) is 0 Å². The molecule has 7 nitrogen and oxygen atoms in total. The van der Waals surface area contributed by atoms with Crippen LogP contribution in [0, 0.1) is 6.92 Å². The number of aromatic nitrogens is 2. The van der Waals surface area contributed by atoms with Crippen LogP contribution in [0.4, 0.5) is 5.82 Å². The van der Waals surface area contributed by atoms with Gasteiger partial charge in [0.15, 0.2) is 5.16 Å². The summed E-state index contributed by atoms with van der Waals surface area (Å²) >= 11 is 1.60. The first kappa shape index (κ1) is 21.5. The van der Waals surface area contributed by atoms with Crippen molar-refractivity contribution in [2.24, 2.45) is 0 Å². The lowest BCUT2D eigenvalue weighted by Crippen LogP contribution is -2.41. The Morgan fingerprint density at radius 2 is 1.93 bits per heavy atom. The predicted molar refractivity (Wildman–Crippen MR) is 117 cm³/mol. The van der Waals surface area contributed by atoms with Gasteiger partial charge in [-0.25, -0.2) is 9.97 Å². The van der Waals surface area contributed by atoms with E-state index in [1.54, 1.807) is 11.8 Å². The van der Waals surface area contributed by atoms with Gasteiger partial charge in [0, 0.05) is 63.4 Å². The van der Waals surface area contributed by atoms with Gasteiger partial charge in [0.2, 0.25) is 0 Å². The quantitative estimate of drug-likeness (QED) is 0.524. The highest BCUT2D eigenvalue weighted by atomic mass is 32.2. The molecule has 1 aliphatic rings. The van der Waals surface area contributed by atoms with Crippen molar-refractivity contribution >= 4 is 23.5 Å². The summed E-state index contributed by atoms with van der Waals surface area (Å²) in [6.45, 7) is 6.90. The summed E-state index contributed by atoms with van der Waals surface area (Å²) in [5.74, 6) is 1.63. The van der Waals surface area contributed by atoms with Gasteiger partial charge >= 0.3 is 0 Å². The fourth-order valence-electron chi connectivity index (χ4n) is 2.97. The SMILES string of the molecule is Cc1cc(N(C)C)nc(SCc2ccc(C(=O)NCCN3CCOCC3)cc2)n1. The highest BCUT2D eigenvalue weighted by Gasteiger charge is 2.11. The number of carbonyl (C=O) groups excluding carboxylic acids is 1. The normalized spacial score (nSPS) is 14.6. The van der Waals surface area contributed by atoms with E-state index < -0.39 is 0 Å². The summed E-state index contributed by atoms with van der Waals surface area (Å²) in [4.78, 5) is 25.7. The van der Waals surface area contributed by atoms with Gasteiger partial charge in [-0.1, -0.05) is 23.9 Å². The van der Waals surface area contributed by atoms with Crippen molar-refractivity contribution in [2.75, 3.05) is 58.4 Å². The molecule has 1 aromatic carbocycles. The monoisotopic (exact) mass is 415 g/mol. The largest absolute Gasteiger partial charge is 0.379 e. The molecule has 0 aliphatic carbocycles. The lowest BCUT2D eigenvalue weighted by molar-refractivity contribution is 0.0383. The molecule has 8 heteroatoms. The molecule has 0 radical (unpaired) electrons. The molecular weight excluding hydrogens is 386 g/mol. The number of morpholine rings is 1. The molecule has 0 spiro atoms. The third kappa shape index (κ3) is 6.69. The van der Waals surface area contributed by atoms with Gasteiger partial charge in [-0.05, 0) is 24.6 Å². The van der Waals surface area contributed by atoms with Crippen molar-refractivity contribution in [1.82, 2.24) is 20.2 Å². The third-order valence-corrected chi connectivity index (χ3v) is 5.60. The van der Waals surface area contributed by atoms with Crippen LogP contribution in [0.25, 0.3) is 0 Å². The number of rotatable bonds is 8. The first-order valence-electron chi connectivity index (χ1n) is 9.84. The molecule has 2 heterocycles. The zero-order chi connectivity index (χ0) is 20.6. The summed E-state index contributed by atoms with van der Waals surface area (Å²) in [7, 11) is 3.95. The number of ether oxygens (including phenoxy) is 1. The molecule has 0 unspecified atom stereocenters. The van der Waals surface area contributed by atoms with E-state index in [0.29, 0.717) is 12.1 Å². The van der Waals surface area contributed by atoms with Gasteiger partial charge < -0.3 is 15.0 Å². The number of thioether (sulfide) groups is 1. The topological polar surface area (TPSA) is 70.6 Å². The van der Waals surface area contributed by atoms with Gasteiger partial charge in [0.1, 0.15) is 5.82 Å². The van der Waals surface area contributed by atoms with Crippen LogP contribution in [0.15, 0.2) is 35.5 Å². The van der Waals surface area contributed by atoms with Crippen LogP contribution in [0.2, 0.25) is 0 Å². The van der Waals surface area contributed by atoms with E-state index in [1.165, 1.54) is 0 Å². The van der Waals surface area contributed by atoms with E-state index in [2.05, 4.69) is 20.2 Å². The first-order chi connectivity index (χ1) is 14.0. The molecule has 1 N–H and O–H groups in total. The third-order valence-electron chi connectivity index (χ3n) is 4.68. The summed E-state index contributed by atoms with van der Waals surface area (Å²) in [5, 5.41) is 3.76. The zero-order valence-electron chi connectivity index (χ0n) is 17.4. The molecule has 0 bridgehead atoms. The Hall–Kier alpha value is -2.16. The second kappa shape index (κ2) is 10.6. The molecule has 156 valence electrons. The summed E-state index contributed by atoms with van der Waals surface area (Å²) in [6, 6.07) is 9.71. The number of benzene rings is 1. The minimum absolute atomic E-state index is 0.0323. The smallest absolute Gasteiger partial charge is 0.251 e. The van der Waals surface area contributed by atoms with Crippen molar-refractivity contribution in [3.63, 3.8) is 0 Å². The molecule has 1 aliphatic heterocycles. The number of nitrogens with one attached hydrogen (secondary N) is 1. The second-order valence-corrected chi connectivity index (χ2v) is 8.18. The zero-order valence-corrected chi connectivity index (χ0v) is 18.2. The van der Waals surface area contributed by atoms with Crippen LogP contribution < -0.4 is 10.2 Å².